The van der Waals surface area contributed by atoms with Crippen molar-refractivity contribution in [3.8, 4) is 5.69 Å². The van der Waals surface area contributed by atoms with Crippen LogP contribution in [0.4, 0.5) is 13.2 Å². The molecule has 2 rings (SSSR count). The SMILES string of the molecule is Cc1cc(=O)n(-c2cccc(C(F)(F)F)c2)c(=N)o1. The molecule has 1 heterocycles. The predicted molar refractivity (Wildman–Crippen MR) is 59.9 cm³/mol. The molecule has 0 saturated heterocycles. The third-order valence-electron chi connectivity index (χ3n) is 2.44. The van der Waals surface area contributed by atoms with E-state index in [4.69, 9.17) is 9.83 Å². The van der Waals surface area contributed by atoms with Crippen LogP contribution in [0.25, 0.3) is 5.69 Å². The summed E-state index contributed by atoms with van der Waals surface area (Å²) in [5, 5.41) is 7.53. The van der Waals surface area contributed by atoms with Crippen LogP contribution < -0.4 is 11.2 Å². The van der Waals surface area contributed by atoms with E-state index in [9.17, 15) is 18.0 Å². The van der Waals surface area contributed by atoms with Crippen LogP contribution in [0, 0.1) is 12.3 Å². The second kappa shape index (κ2) is 4.42. The molecule has 0 aliphatic carbocycles. The first-order valence-corrected chi connectivity index (χ1v) is 5.25. The molecule has 0 aliphatic heterocycles. The van der Waals surface area contributed by atoms with Crippen molar-refractivity contribution >= 4 is 0 Å². The van der Waals surface area contributed by atoms with Gasteiger partial charge in [-0.3, -0.25) is 10.2 Å². The lowest BCUT2D eigenvalue weighted by Crippen LogP contribution is -2.31. The Morgan fingerprint density at radius 2 is 1.95 bits per heavy atom. The molecule has 1 aromatic heterocycles. The van der Waals surface area contributed by atoms with Gasteiger partial charge in [0.25, 0.3) is 5.56 Å². The zero-order chi connectivity index (χ0) is 14.2. The molecule has 1 N–H and O–H groups in total. The molecular weight excluding hydrogens is 261 g/mol. The summed E-state index contributed by atoms with van der Waals surface area (Å²) < 4.78 is 43.5. The van der Waals surface area contributed by atoms with Crippen LogP contribution in [0.2, 0.25) is 0 Å². The van der Waals surface area contributed by atoms with E-state index in [1.165, 1.54) is 19.1 Å². The second-order valence-corrected chi connectivity index (χ2v) is 3.88. The van der Waals surface area contributed by atoms with Gasteiger partial charge in [0, 0.05) is 6.07 Å². The minimum atomic E-state index is -4.51. The standard InChI is InChI=1S/C12H9F3N2O2/c1-7-5-10(18)17(11(16)19-7)9-4-2-3-8(6-9)12(13,14)15/h2-6,16H,1H3. The number of hydrogen-bond donors (Lipinski definition) is 1. The van der Waals surface area contributed by atoms with Crippen LogP contribution in [0.1, 0.15) is 11.3 Å². The highest BCUT2D eigenvalue weighted by Gasteiger charge is 2.30. The van der Waals surface area contributed by atoms with Crippen LogP contribution in [0.5, 0.6) is 0 Å². The van der Waals surface area contributed by atoms with E-state index in [0.29, 0.717) is 0 Å². The maximum absolute atomic E-state index is 12.6. The molecule has 0 amide bonds. The monoisotopic (exact) mass is 270 g/mol. The summed E-state index contributed by atoms with van der Waals surface area (Å²) in [6, 6.07) is 5.27. The average Bonchev–Trinajstić information content (AvgIpc) is 2.26. The van der Waals surface area contributed by atoms with E-state index >= 15 is 0 Å². The first kappa shape index (κ1) is 13.1. The minimum Gasteiger partial charge on any atom is -0.430 e. The van der Waals surface area contributed by atoms with Crippen molar-refractivity contribution in [1.29, 1.82) is 5.41 Å². The van der Waals surface area contributed by atoms with E-state index in [1.54, 1.807) is 0 Å². The summed E-state index contributed by atoms with van der Waals surface area (Å²) >= 11 is 0. The fourth-order valence-electron chi connectivity index (χ4n) is 1.63. The van der Waals surface area contributed by atoms with Crippen LogP contribution in [0.3, 0.4) is 0 Å². The first-order chi connectivity index (χ1) is 8.79. The quantitative estimate of drug-likeness (QED) is 0.863. The molecule has 0 atom stereocenters. The molecule has 4 nitrogen and oxygen atoms in total. The van der Waals surface area contributed by atoms with Crippen molar-refractivity contribution in [2.45, 2.75) is 13.1 Å². The van der Waals surface area contributed by atoms with Gasteiger partial charge in [0.05, 0.1) is 11.3 Å². The Kier molecular flexibility index (Phi) is 3.05. The molecule has 0 fully saturated rings. The summed E-state index contributed by atoms with van der Waals surface area (Å²) in [7, 11) is 0. The molecule has 7 heteroatoms. The zero-order valence-corrected chi connectivity index (χ0v) is 9.78. The lowest BCUT2D eigenvalue weighted by Gasteiger charge is -2.10. The van der Waals surface area contributed by atoms with Crippen LogP contribution in [0.15, 0.2) is 39.5 Å². The number of nitrogens with zero attached hydrogens (tertiary/aromatic N) is 1. The van der Waals surface area contributed by atoms with Gasteiger partial charge >= 0.3 is 11.9 Å². The van der Waals surface area contributed by atoms with E-state index in [2.05, 4.69) is 0 Å². The highest BCUT2D eigenvalue weighted by molar-refractivity contribution is 5.36. The molecule has 0 aliphatic rings. The minimum absolute atomic E-state index is 0.0615. The van der Waals surface area contributed by atoms with Crippen LogP contribution in [-0.2, 0) is 6.18 Å². The summed E-state index contributed by atoms with van der Waals surface area (Å²) in [5.74, 6) is 0.221. The summed E-state index contributed by atoms with van der Waals surface area (Å²) in [5.41, 5.74) is -2.09. The summed E-state index contributed by atoms with van der Waals surface area (Å²) in [4.78, 5) is 11.7. The van der Waals surface area contributed by atoms with Crippen molar-refractivity contribution in [1.82, 2.24) is 4.57 Å². The van der Waals surface area contributed by atoms with Gasteiger partial charge in [0.1, 0.15) is 5.76 Å². The van der Waals surface area contributed by atoms with Gasteiger partial charge in [-0.1, -0.05) is 6.07 Å². The predicted octanol–water partition coefficient (Wildman–Crippen LogP) is 2.24. The molecule has 100 valence electrons. The smallest absolute Gasteiger partial charge is 0.416 e. The Hall–Kier alpha value is -2.31. The lowest BCUT2D eigenvalue weighted by molar-refractivity contribution is -0.137. The third kappa shape index (κ3) is 2.59. The van der Waals surface area contributed by atoms with Gasteiger partial charge in [0.15, 0.2) is 0 Å². The highest BCUT2D eigenvalue weighted by Crippen LogP contribution is 2.29. The number of nitrogens with one attached hydrogen (secondary N) is 1. The average molecular weight is 270 g/mol. The summed E-state index contributed by atoms with van der Waals surface area (Å²) in [6.07, 6.45) is -4.51. The van der Waals surface area contributed by atoms with Crippen LogP contribution >= 0.6 is 0 Å². The molecule has 2 aromatic rings. The number of alkyl halides is 3. The van der Waals surface area contributed by atoms with Gasteiger partial charge in [-0.2, -0.15) is 13.2 Å². The van der Waals surface area contributed by atoms with Gasteiger partial charge in [-0.25, -0.2) is 4.57 Å². The van der Waals surface area contributed by atoms with Crippen molar-refractivity contribution in [3.05, 3.63) is 57.7 Å². The number of benzene rings is 1. The Morgan fingerprint density at radius 3 is 2.53 bits per heavy atom. The topological polar surface area (TPSA) is 59.0 Å². The normalized spacial score (nSPS) is 11.6. The van der Waals surface area contributed by atoms with Crippen molar-refractivity contribution in [2.24, 2.45) is 0 Å². The molecular formula is C12H9F3N2O2. The van der Waals surface area contributed by atoms with E-state index in [1.807, 2.05) is 0 Å². The molecule has 0 bridgehead atoms. The molecule has 1 aromatic carbocycles. The van der Waals surface area contributed by atoms with E-state index in [-0.39, 0.29) is 11.4 Å². The second-order valence-electron chi connectivity index (χ2n) is 3.88. The molecule has 19 heavy (non-hydrogen) atoms. The van der Waals surface area contributed by atoms with Gasteiger partial charge in [0.2, 0.25) is 0 Å². The maximum atomic E-state index is 12.6. The van der Waals surface area contributed by atoms with E-state index < -0.39 is 23.0 Å². The Labute approximate surface area is 105 Å². The fourth-order valence-corrected chi connectivity index (χ4v) is 1.63. The Balaban J connectivity index is 2.68. The third-order valence-corrected chi connectivity index (χ3v) is 2.44. The van der Waals surface area contributed by atoms with Crippen molar-refractivity contribution in [3.63, 3.8) is 0 Å². The number of aryl methyl sites for hydroxylation is 1. The van der Waals surface area contributed by atoms with Gasteiger partial charge in [-0.15, -0.1) is 0 Å². The highest BCUT2D eigenvalue weighted by atomic mass is 19.4. The van der Waals surface area contributed by atoms with Gasteiger partial charge in [-0.05, 0) is 25.1 Å². The summed E-state index contributed by atoms with van der Waals surface area (Å²) in [6.45, 7) is 1.48. The number of rotatable bonds is 1. The molecule has 0 spiro atoms. The molecule has 0 saturated carbocycles. The fraction of sp³-hybridized carbons (Fsp3) is 0.167. The van der Waals surface area contributed by atoms with Gasteiger partial charge < -0.3 is 4.42 Å². The Bertz CT molecular complexity index is 697. The first-order valence-electron chi connectivity index (χ1n) is 5.25. The van der Waals surface area contributed by atoms with Crippen molar-refractivity contribution in [2.75, 3.05) is 0 Å². The van der Waals surface area contributed by atoms with Crippen molar-refractivity contribution < 1.29 is 17.6 Å². The maximum Gasteiger partial charge on any atom is 0.416 e. The molecule has 0 unspecified atom stereocenters. The van der Waals surface area contributed by atoms with E-state index in [0.717, 1.165) is 22.8 Å². The number of halogens is 3. The zero-order valence-electron chi connectivity index (χ0n) is 9.78. The number of hydrogen-bond acceptors (Lipinski definition) is 3. The molecule has 0 radical (unpaired) electrons. The lowest BCUT2D eigenvalue weighted by atomic mass is 10.2. The largest absolute Gasteiger partial charge is 0.430 e. The van der Waals surface area contributed by atoms with Crippen LogP contribution in [-0.4, -0.2) is 4.57 Å². The number of aromatic nitrogens is 1. The Morgan fingerprint density at radius 1 is 1.26 bits per heavy atom.